The van der Waals surface area contributed by atoms with Crippen LogP contribution in [0.25, 0.3) is 4.96 Å². The highest BCUT2D eigenvalue weighted by atomic mass is 35.5. The molecule has 1 atom stereocenters. The minimum Gasteiger partial charge on any atom is -0.381 e. The zero-order chi connectivity index (χ0) is 14.3. The number of aromatic amines is 1. The van der Waals surface area contributed by atoms with E-state index >= 15 is 0 Å². The van der Waals surface area contributed by atoms with Crippen molar-refractivity contribution in [1.82, 2.24) is 24.9 Å². The Bertz CT molecular complexity index is 746. The molecule has 0 aromatic carbocycles. The Balaban J connectivity index is 1.78. The van der Waals surface area contributed by atoms with Crippen LogP contribution in [0.1, 0.15) is 29.1 Å². The van der Waals surface area contributed by atoms with Crippen molar-refractivity contribution in [3.8, 4) is 0 Å². The van der Waals surface area contributed by atoms with Gasteiger partial charge in [-0.05, 0) is 6.92 Å². The Morgan fingerprint density at radius 3 is 3.10 bits per heavy atom. The third kappa shape index (κ3) is 2.12. The second kappa shape index (κ2) is 4.80. The van der Waals surface area contributed by atoms with Gasteiger partial charge in [-0.25, -0.2) is 4.98 Å². The number of halogens is 1. The van der Waals surface area contributed by atoms with Crippen LogP contribution in [0, 0.1) is 0 Å². The van der Waals surface area contributed by atoms with Gasteiger partial charge in [0, 0.05) is 17.8 Å². The molecule has 7 nitrogen and oxygen atoms in total. The molecule has 0 aliphatic heterocycles. The maximum absolute atomic E-state index is 12.1. The maximum Gasteiger partial charge on any atom is 0.271 e. The van der Waals surface area contributed by atoms with Crippen molar-refractivity contribution in [2.45, 2.75) is 13.0 Å². The Kier molecular flexibility index (Phi) is 3.11. The molecule has 0 bridgehead atoms. The van der Waals surface area contributed by atoms with E-state index in [2.05, 4.69) is 20.5 Å². The molecular formula is C11H11ClN6OS. The number of hydrogen-bond acceptors (Lipinski definition) is 5. The average molecular weight is 311 g/mol. The maximum atomic E-state index is 12.1. The van der Waals surface area contributed by atoms with Gasteiger partial charge in [0.2, 0.25) is 0 Å². The van der Waals surface area contributed by atoms with Crippen LogP contribution in [0.5, 0.6) is 0 Å². The molecule has 104 valence electrons. The summed E-state index contributed by atoms with van der Waals surface area (Å²) in [5, 5.41) is 11.1. The number of nitrogens with one attached hydrogen (secondary N) is 2. The highest BCUT2D eigenvalue weighted by molar-refractivity contribution is 7.15. The van der Waals surface area contributed by atoms with E-state index in [9.17, 15) is 4.79 Å². The number of hydrogen-bond donors (Lipinski definition) is 3. The predicted molar refractivity (Wildman–Crippen MR) is 77.0 cm³/mol. The van der Waals surface area contributed by atoms with E-state index < -0.39 is 0 Å². The monoisotopic (exact) mass is 310 g/mol. The van der Waals surface area contributed by atoms with Crippen molar-refractivity contribution >= 4 is 39.6 Å². The van der Waals surface area contributed by atoms with E-state index in [0.717, 1.165) is 10.7 Å². The molecular weight excluding hydrogens is 300 g/mol. The van der Waals surface area contributed by atoms with Crippen LogP contribution in [-0.2, 0) is 0 Å². The molecule has 0 aliphatic carbocycles. The van der Waals surface area contributed by atoms with Crippen LogP contribution in [0.4, 0.5) is 5.82 Å². The summed E-state index contributed by atoms with van der Waals surface area (Å²) in [6.07, 6.45) is 3.79. The Hall–Kier alpha value is -2.06. The number of thiazole rings is 1. The first kappa shape index (κ1) is 12.9. The summed E-state index contributed by atoms with van der Waals surface area (Å²) < 4.78 is 1.91. The quantitative estimate of drug-likeness (QED) is 0.687. The first-order valence-electron chi connectivity index (χ1n) is 5.78. The van der Waals surface area contributed by atoms with Gasteiger partial charge in [0.25, 0.3) is 5.91 Å². The van der Waals surface area contributed by atoms with Gasteiger partial charge in [0.15, 0.2) is 10.8 Å². The molecule has 20 heavy (non-hydrogen) atoms. The second-order valence-electron chi connectivity index (χ2n) is 4.25. The fraction of sp³-hybridized carbons (Fsp3) is 0.182. The Morgan fingerprint density at radius 1 is 1.65 bits per heavy atom. The second-order valence-corrected chi connectivity index (χ2v) is 5.50. The van der Waals surface area contributed by atoms with Crippen LogP contribution in [0.3, 0.4) is 0 Å². The van der Waals surface area contributed by atoms with Gasteiger partial charge in [0.05, 0.1) is 11.7 Å². The number of carbonyl (C=O) groups is 1. The van der Waals surface area contributed by atoms with Gasteiger partial charge in [-0.1, -0.05) is 11.6 Å². The SMILES string of the molecule is C[C@@H](NC(=O)c1[nH]nc(N)c1Cl)c1cn2ccsc2n1. The van der Waals surface area contributed by atoms with Gasteiger partial charge in [-0.3, -0.25) is 14.3 Å². The number of rotatable bonds is 3. The summed E-state index contributed by atoms with van der Waals surface area (Å²) >= 11 is 7.41. The lowest BCUT2D eigenvalue weighted by atomic mass is 10.2. The van der Waals surface area contributed by atoms with E-state index in [4.69, 9.17) is 17.3 Å². The molecule has 3 heterocycles. The number of nitrogens with zero attached hydrogens (tertiary/aromatic N) is 3. The number of amides is 1. The average Bonchev–Trinajstić information content (AvgIpc) is 3.05. The summed E-state index contributed by atoms with van der Waals surface area (Å²) in [5.74, 6) is -0.268. The van der Waals surface area contributed by atoms with Crippen molar-refractivity contribution in [1.29, 1.82) is 0 Å². The third-order valence-corrected chi connectivity index (χ3v) is 4.02. The number of anilines is 1. The van der Waals surface area contributed by atoms with Gasteiger partial charge in [-0.15, -0.1) is 11.3 Å². The van der Waals surface area contributed by atoms with Gasteiger partial charge in [-0.2, -0.15) is 5.10 Å². The molecule has 0 fully saturated rings. The minimum absolute atomic E-state index is 0.104. The zero-order valence-electron chi connectivity index (χ0n) is 10.4. The molecule has 3 rings (SSSR count). The van der Waals surface area contributed by atoms with Crippen LogP contribution in [0.15, 0.2) is 17.8 Å². The van der Waals surface area contributed by atoms with Crippen molar-refractivity contribution in [3.63, 3.8) is 0 Å². The number of imidazole rings is 1. The lowest BCUT2D eigenvalue weighted by Gasteiger charge is -2.10. The van der Waals surface area contributed by atoms with E-state index in [1.54, 1.807) is 0 Å². The van der Waals surface area contributed by atoms with E-state index in [1.807, 2.05) is 29.1 Å². The highest BCUT2D eigenvalue weighted by Crippen LogP contribution is 2.21. The number of aromatic nitrogens is 4. The molecule has 0 saturated carbocycles. The summed E-state index contributed by atoms with van der Waals surface area (Å²) in [6, 6.07) is -0.254. The summed E-state index contributed by atoms with van der Waals surface area (Å²) in [7, 11) is 0. The largest absolute Gasteiger partial charge is 0.381 e. The fourth-order valence-corrected chi connectivity index (χ4v) is 2.67. The van der Waals surface area contributed by atoms with Crippen LogP contribution >= 0.6 is 22.9 Å². The van der Waals surface area contributed by atoms with E-state index in [-0.39, 0.29) is 28.5 Å². The number of carbonyl (C=O) groups excluding carboxylic acids is 1. The number of nitrogen functional groups attached to an aromatic ring is 1. The number of nitrogens with two attached hydrogens (primary N) is 1. The van der Waals surface area contributed by atoms with Gasteiger partial charge < -0.3 is 11.1 Å². The van der Waals surface area contributed by atoms with Gasteiger partial charge in [0.1, 0.15) is 10.7 Å². The molecule has 0 aliphatic rings. The lowest BCUT2D eigenvalue weighted by molar-refractivity contribution is 0.0934. The van der Waals surface area contributed by atoms with Crippen LogP contribution in [-0.4, -0.2) is 25.5 Å². The first-order valence-corrected chi connectivity index (χ1v) is 7.04. The molecule has 0 unspecified atom stereocenters. The Morgan fingerprint density at radius 2 is 2.45 bits per heavy atom. The van der Waals surface area contributed by atoms with Crippen LogP contribution < -0.4 is 11.1 Å². The smallest absolute Gasteiger partial charge is 0.271 e. The minimum atomic E-state index is -0.372. The summed E-state index contributed by atoms with van der Waals surface area (Å²) in [4.78, 5) is 17.4. The molecule has 0 saturated heterocycles. The number of fused-ring (bicyclic) bond motifs is 1. The predicted octanol–water partition coefficient (Wildman–Crippen LogP) is 1.85. The van der Waals surface area contributed by atoms with E-state index in [1.165, 1.54) is 11.3 Å². The molecule has 9 heteroatoms. The first-order chi connectivity index (χ1) is 9.56. The molecule has 3 aromatic heterocycles. The molecule has 3 aromatic rings. The summed E-state index contributed by atoms with van der Waals surface area (Å²) in [5.41, 5.74) is 6.41. The third-order valence-electron chi connectivity index (χ3n) is 2.86. The van der Waals surface area contributed by atoms with Crippen molar-refractivity contribution in [2.24, 2.45) is 0 Å². The lowest BCUT2D eigenvalue weighted by Crippen LogP contribution is -2.27. The van der Waals surface area contributed by atoms with Crippen molar-refractivity contribution < 1.29 is 4.79 Å². The topological polar surface area (TPSA) is 101 Å². The molecule has 1 amide bonds. The number of H-pyrrole nitrogens is 1. The molecule has 0 spiro atoms. The van der Waals surface area contributed by atoms with Crippen molar-refractivity contribution in [3.05, 3.63) is 34.2 Å². The highest BCUT2D eigenvalue weighted by Gasteiger charge is 2.19. The fourth-order valence-electron chi connectivity index (χ4n) is 1.79. The van der Waals surface area contributed by atoms with Crippen molar-refractivity contribution in [2.75, 3.05) is 5.73 Å². The molecule has 4 N–H and O–H groups in total. The summed E-state index contributed by atoms with van der Waals surface area (Å²) in [6.45, 7) is 1.85. The standard InChI is InChI=1S/C11H11ClN6OS/c1-5(6-4-18-2-3-20-11(18)15-6)14-10(19)8-7(12)9(13)17-16-8/h2-5H,1H3,(H,14,19)(H3,13,16,17)/t5-/m1/s1. The van der Waals surface area contributed by atoms with Gasteiger partial charge >= 0.3 is 0 Å². The van der Waals surface area contributed by atoms with E-state index in [0.29, 0.717) is 0 Å². The Labute approximate surface area is 122 Å². The molecule has 0 radical (unpaired) electrons. The normalized spacial score (nSPS) is 12.7. The zero-order valence-corrected chi connectivity index (χ0v) is 12.0. The van der Waals surface area contributed by atoms with Crippen LogP contribution in [0.2, 0.25) is 5.02 Å².